The summed E-state index contributed by atoms with van der Waals surface area (Å²) in [6.45, 7) is 4.09. The Balaban J connectivity index is 2.03. The van der Waals surface area contributed by atoms with Crippen LogP contribution in [0.2, 0.25) is 20.1 Å². The third-order valence-electron chi connectivity index (χ3n) is 6.00. The standard InChI is InChI=1S/C28H28Cl4N2O2/c1-3-18(2)33-28(36)26(15-19-8-5-4-6-9-19)34(17-20-12-13-24(31)25(32)14-20)27(35)16-21-22(29)10-7-11-23(21)30/h4-14,18,26H,3,15-17H2,1-2H3,(H,33,36). The van der Waals surface area contributed by atoms with Gasteiger partial charge < -0.3 is 10.2 Å². The lowest BCUT2D eigenvalue weighted by atomic mass is 10.0. The van der Waals surface area contributed by atoms with E-state index in [1.54, 1.807) is 41.3 Å². The topological polar surface area (TPSA) is 49.4 Å². The van der Waals surface area contributed by atoms with Gasteiger partial charge in [-0.2, -0.15) is 0 Å². The number of rotatable bonds is 10. The molecule has 0 heterocycles. The number of benzene rings is 3. The van der Waals surface area contributed by atoms with E-state index in [2.05, 4.69) is 5.32 Å². The highest BCUT2D eigenvalue weighted by Crippen LogP contribution is 2.28. The fourth-order valence-electron chi connectivity index (χ4n) is 3.78. The molecule has 0 aliphatic heterocycles. The predicted octanol–water partition coefficient (Wildman–Crippen LogP) is 7.40. The van der Waals surface area contributed by atoms with E-state index in [4.69, 9.17) is 46.4 Å². The maximum atomic E-state index is 13.8. The first-order valence-electron chi connectivity index (χ1n) is 11.7. The number of nitrogens with zero attached hydrogens (tertiary/aromatic N) is 1. The molecule has 0 saturated carbocycles. The lowest BCUT2D eigenvalue weighted by molar-refractivity contribution is -0.141. The van der Waals surface area contributed by atoms with Crippen molar-refractivity contribution in [2.75, 3.05) is 0 Å². The largest absolute Gasteiger partial charge is 0.352 e. The molecule has 0 bridgehead atoms. The highest BCUT2D eigenvalue weighted by atomic mass is 35.5. The molecule has 2 unspecified atom stereocenters. The van der Waals surface area contributed by atoms with Crippen LogP contribution in [-0.4, -0.2) is 28.8 Å². The third kappa shape index (κ3) is 7.63. The molecule has 3 rings (SSSR count). The molecule has 0 aliphatic carbocycles. The van der Waals surface area contributed by atoms with E-state index in [1.165, 1.54) is 0 Å². The maximum absolute atomic E-state index is 13.8. The Bertz CT molecular complexity index is 1180. The minimum absolute atomic E-state index is 0.0456. The van der Waals surface area contributed by atoms with Crippen molar-refractivity contribution in [1.82, 2.24) is 10.2 Å². The lowest BCUT2D eigenvalue weighted by Crippen LogP contribution is -2.52. The van der Waals surface area contributed by atoms with Crippen LogP contribution in [-0.2, 0) is 29.0 Å². The van der Waals surface area contributed by atoms with Gasteiger partial charge in [0, 0.05) is 29.1 Å². The zero-order valence-electron chi connectivity index (χ0n) is 20.1. The molecule has 1 N–H and O–H groups in total. The molecule has 4 nitrogen and oxygen atoms in total. The Labute approximate surface area is 232 Å². The monoisotopic (exact) mass is 564 g/mol. The molecule has 0 aliphatic rings. The molecular weight excluding hydrogens is 538 g/mol. The van der Waals surface area contributed by atoms with Gasteiger partial charge in [0.15, 0.2) is 0 Å². The van der Waals surface area contributed by atoms with Crippen molar-refractivity contribution in [1.29, 1.82) is 0 Å². The predicted molar refractivity (Wildman–Crippen MR) is 149 cm³/mol. The number of carbonyl (C=O) groups is 2. The van der Waals surface area contributed by atoms with Crippen LogP contribution in [0.5, 0.6) is 0 Å². The van der Waals surface area contributed by atoms with Crippen molar-refractivity contribution in [3.63, 3.8) is 0 Å². The molecule has 0 fully saturated rings. The highest BCUT2D eigenvalue weighted by molar-refractivity contribution is 6.42. The molecule has 0 aromatic heterocycles. The summed E-state index contributed by atoms with van der Waals surface area (Å²) in [5.74, 6) is -0.511. The summed E-state index contributed by atoms with van der Waals surface area (Å²) in [7, 11) is 0. The zero-order chi connectivity index (χ0) is 26.2. The van der Waals surface area contributed by atoms with Gasteiger partial charge in [-0.3, -0.25) is 9.59 Å². The second-order valence-electron chi connectivity index (χ2n) is 8.67. The van der Waals surface area contributed by atoms with Gasteiger partial charge in [-0.1, -0.05) is 95.8 Å². The molecule has 0 saturated heterocycles. The summed E-state index contributed by atoms with van der Waals surface area (Å²) >= 11 is 25.1. The minimum Gasteiger partial charge on any atom is -0.352 e. The van der Waals surface area contributed by atoms with E-state index in [9.17, 15) is 9.59 Å². The fraction of sp³-hybridized carbons (Fsp3) is 0.286. The zero-order valence-corrected chi connectivity index (χ0v) is 23.1. The number of halogens is 4. The summed E-state index contributed by atoms with van der Waals surface area (Å²) in [4.78, 5) is 29.0. The first kappa shape index (κ1) is 28.3. The van der Waals surface area contributed by atoms with Gasteiger partial charge in [0.25, 0.3) is 0 Å². The van der Waals surface area contributed by atoms with E-state index in [-0.39, 0.29) is 30.8 Å². The van der Waals surface area contributed by atoms with Crippen molar-refractivity contribution in [3.05, 3.63) is 104 Å². The van der Waals surface area contributed by atoms with Crippen molar-refractivity contribution in [2.24, 2.45) is 0 Å². The van der Waals surface area contributed by atoms with Gasteiger partial charge >= 0.3 is 0 Å². The Kier molecular flexibility index (Phi) is 10.5. The Morgan fingerprint density at radius 1 is 0.833 bits per heavy atom. The molecule has 190 valence electrons. The molecule has 3 aromatic rings. The quantitative estimate of drug-likeness (QED) is 0.278. The van der Waals surface area contributed by atoms with Crippen LogP contribution in [0.3, 0.4) is 0 Å². The van der Waals surface area contributed by atoms with Gasteiger partial charge in [-0.05, 0) is 54.3 Å². The minimum atomic E-state index is -0.774. The van der Waals surface area contributed by atoms with E-state index in [0.29, 0.717) is 32.1 Å². The number of carbonyl (C=O) groups excluding carboxylic acids is 2. The van der Waals surface area contributed by atoms with Crippen LogP contribution < -0.4 is 5.32 Å². The number of amides is 2. The average molecular weight is 566 g/mol. The maximum Gasteiger partial charge on any atom is 0.243 e. The molecule has 3 aromatic carbocycles. The van der Waals surface area contributed by atoms with Gasteiger partial charge in [0.1, 0.15) is 6.04 Å². The molecule has 0 spiro atoms. The normalized spacial score (nSPS) is 12.6. The molecule has 2 atom stereocenters. The van der Waals surface area contributed by atoms with Crippen molar-refractivity contribution >= 4 is 58.2 Å². The summed E-state index contributed by atoms with van der Waals surface area (Å²) in [5.41, 5.74) is 2.20. The molecule has 8 heteroatoms. The van der Waals surface area contributed by atoms with E-state index in [1.807, 2.05) is 44.2 Å². The van der Waals surface area contributed by atoms with Crippen LogP contribution in [0.4, 0.5) is 0 Å². The smallest absolute Gasteiger partial charge is 0.243 e. The van der Waals surface area contributed by atoms with Crippen molar-refractivity contribution < 1.29 is 9.59 Å². The van der Waals surface area contributed by atoms with Gasteiger partial charge in [0.2, 0.25) is 11.8 Å². The Morgan fingerprint density at radius 3 is 2.11 bits per heavy atom. The van der Waals surface area contributed by atoms with E-state index >= 15 is 0 Å². The second-order valence-corrected chi connectivity index (χ2v) is 10.3. The van der Waals surface area contributed by atoms with Crippen molar-refractivity contribution in [2.45, 2.75) is 51.7 Å². The average Bonchev–Trinajstić information content (AvgIpc) is 2.86. The summed E-state index contributed by atoms with van der Waals surface area (Å²) in [6.07, 6.45) is 1.05. The summed E-state index contributed by atoms with van der Waals surface area (Å²) < 4.78 is 0. The fourth-order valence-corrected chi connectivity index (χ4v) is 4.64. The number of hydrogen-bond acceptors (Lipinski definition) is 2. The highest BCUT2D eigenvalue weighted by Gasteiger charge is 2.31. The Hall–Kier alpha value is -2.24. The second kappa shape index (κ2) is 13.3. The molecule has 0 radical (unpaired) electrons. The van der Waals surface area contributed by atoms with Crippen LogP contribution >= 0.6 is 46.4 Å². The summed E-state index contributed by atoms with van der Waals surface area (Å²) in [5, 5.41) is 4.63. The first-order valence-corrected chi connectivity index (χ1v) is 13.2. The van der Waals surface area contributed by atoms with E-state index < -0.39 is 6.04 Å². The number of hydrogen-bond donors (Lipinski definition) is 1. The third-order valence-corrected chi connectivity index (χ3v) is 7.45. The van der Waals surface area contributed by atoms with E-state index in [0.717, 1.165) is 17.5 Å². The Morgan fingerprint density at radius 2 is 1.50 bits per heavy atom. The SMILES string of the molecule is CCC(C)NC(=O)C(Cc1ccccc1)N(Cc1ccc(Cl)c(Cl)c1)C(=O)Cc1c(Cl)cccc1Cl. The molecular formula is C28H28Cl4N2O2. The summed E-state index contributed by atoms with van der Waals surface area (Å²) in [6, 6.07) is 19.1. The molecule has 2 amide bonds. The van der Waals surface area contributed by atoms with Gasteiger partial charge in [0.05, 0.1) is 16.5 Å². The number of nitrogens with one attached hydrogen (secondary N) is 1. The van der Waals surface area contributed by atoms with Crippen LogP contribution in [0.25, 0.3) is 0 Å². The van der Waals surface area contributed by atoms with Crippen LogP contribution in [0.15, 0.2) is 66.7 Å². The van der Waals surface area contributed by atoms with Crippen LogP contribution in [0.1, 0.15) is 37.0 Å². The van der Waals surface area contributed by atoms with Crippen molar-refractivity contribution in [3.8, 4) is 0 Å². The molecule has 36 heavy (non-hydrogen) atoms. The van der Waals surface area contributed by atoms with Gasteiger partial charge in [-0.15, -0.1) is 0 Å². The first-order chi connectivity index (χ1) is 17.2. The van der Waals surface area contributed by atoms with Gasteiger partial charge in [-0.25, -0.2) is 0 Å². The van der Waals surface area contributed by atoms with Crippen LogP contribution in [0, 0.1) is 0 Å². The lowest BCUT2D eigenvalue weighted by Gasteiger charge is -2.32.